The number of likely N-dealkylation sites (tertiary alicyclic amines) is 1. The largest absolute Gasteiger partial charge is 0.497 e. The van der Waals surface area contributed by atoms with Gasteiger partial charge in [0.2, 0.25) is 0 Å². The fourth-order valence-electron chi connectivity index (χ4n) is 3.07. The molecule has 0 aromatic heterocycles. The normalized spacial score (nSPS) is 19.8. The molecule has 2 atom stereocenters. The van der Waals surface area contributed by atoms with Crippen molar-refractivity contribution in [2.45, 2.75) is 26.4 Å². The van der Waals surface area contributed by atoms with E-state index in [4.69, 9.17) is 4.74 Å². The topological polar surface area (TPSA) is 61.8 Å². The molecule has 1 aliphatic heterocycles. The summed E-state index contributed by atoms with van der Waals surface area (Å²) >= 11 is 0. The average Bonchev–Trinajstić information content (AvgIpc) is 2.98. The van der Waals surface area contributed by atoms with Crippen LogP contribution >= 0.6 is 0 Å². The first-order valence-electron chi connectivity index (χ1n) is 8.31. The predicted octanol–water partition coefficient (Wildman–Crippen LogP) is 1.82. The molecule has 1 amide bonds. The Labute approximate surface area is 138 Å². The quantitative estimate of drug-likeness (QED) is 0.804. The summed E-state index contributed by atoms with van der Waals surface area (Å²) in [5.74, 6) is 1.42. The van der Waals surface area contributed by atoms with Gasteiger partial charge < -0.3 is 20.1 Å². The fraction of sp³-hybridized carbons (Fsp3) is 0.611. The number of nitrogens with zero attached hydrogens (tertiary/aromatic N) is 1. The molecule has 5 heteroatoms. The lowest BCUT2D eigenvalue weighted by molar-refractivity contribution is -0.129. The molecule has 23 heavy (non-hydrogen) atoms. The van der Waals surface area contributed by atoms with Gasteiger partial charge in [0.25, 0.3) is 5.91 Å². The van der Waals surface area contributed by atoms with Gasteiger partial charge in [-0.1, -0.05) is 26.0 Å². The van der Waals surface area contributed by atoms with E-state index in [9.17, 15) is 9.90 Å². The SMILES string of the molecule is COc1cccc(C(O)C(=O)NCC2CCN(CC(C)C)C2)c1. The molecule has 1 fully saturated rings. The van der Waals surface area contributed by atoms with Crippen molar-refractivity contribution >= 4 is 5.91 Å². The highest BCUT2D eigenvalue weighted by molar-refractivity contribution is 5.82. The van der Waals surface area contributed by atoms with Crippen LogP contribution in [0, 0.1) is 11.8 Å². The van der Waals surface area contributed by atoms with Crippen LogP contribution in [0.2, 0.25) is 0 Å². The summed E-state index contributed by atoms with van der Waals surface area (Å²) in [7, 11) is 1.56. The van der Waals surface area contributed by atoms with Crippen LogP contribution in [0.4, 0.5) is 0 Å². The third-order valence-electron chi connectivity index (χ3n) is 4.22. The van der Waals surface area contributed by atoms with Gasteiger partial charge in [0, 0.05) is 19.6 Å². The standard InChI is InChI=1S/C18H28N2O3/c1-13(2)11-20-8-7-14(12-20)10-19-18(22)17(21)15-5-4-6-16(9-15)23-3/h4-6,9,13-14,17,21H,7-8,10-12H2,1-3H3,(H,19,22). The molecule has 1 aliphatic rings. The van der Waals surface area contributed by atoms with Crippen molar-refractivity contribution in [1.29, 1.82) is 0 Å². The van der Waals surface area contributed by atoms with Crippen LogP contribution in [0.5, 0.6) is 5.75 Å². The Morgan fingerprint density at radius 2 is 2.26 bits per heavy atom. The Morgan fingerprint density at radius 1 is 1.48 bits per heavy atom. The van der Waals surface area contributed by atoms with Gasteiger partial charge in [0.15, 0.2) is 6.10 Å². The lowest BCUT2D eigenvalue weighted by atomic mass is 10.1. The number of rotatable bonds is 7. The smallest absolute Gasteiger partial charge is 0.253 e. The van der Waals surface area contributed by atoms with Crippen molar-refractivity contribution < 1.29 is 14.6 Å². The second kappa shape index (κ2) is 8.31. The van der Waals surface area contributed by atoms with Gasteiger partial charge in [-0.25, -0.2) is 0 Å². The first-order chi connectivity index (χ1) is 11.0. The fourth-order valence-corrected chi connectivity index (χ4v) is 3.07. The maximum Gasteiger partial charge on any atom is 0.253 e. The molecule has 0 aliphatic carbocycles. The van der Waals surface area contributed by atoms with Crippen molar-refractivity contribution in [2.24, 2.45) is 11.8 Å². The van der Waals surface area contributed by atoms with Crippen LogP contribution in [0.3, 0.4) is 0 Å². The summed E-state index contributed by atoms with van der Waals surface area (Å²) in [6.07, 6.45) is -0.0549. The predicted molar refractivity (Wildman–Crippen MR) is 90.3 cm³/mol. The number of hydrogen-bond donors (Lipinski definition) is 2. The zero-order valence-electron chi connectivity index (χ0n) is 14.3. The molecule has 0 saturated carbocycles. The third-order valence-corrected chi connectivity index (χ3v) is 4.22. The van der Waals surface area contributed by atoms with Crippen molar-refractivity contribution in [3.05, 3.63) is 29.8 Å². The number of carbonyl (C=O) groups is 1. The number of aliphatic hydroxyl groups excluding tert-OH is 1. The molecular weight excluding hydrogens is 292 g/mol. The molecule has 2 N–H and O–H groups in total. The number of methoxy groups -OCH3 is 1. The minimum Gasteiger partial charge on any atom is -0.497 e. The first-order valence-corrected chi connectivity index (χ1v) is 8.31. The number of amides is 1. The molecule has 1 aromatic carbocycles. The lowest BCUT2D eigenvalue weighted by Crippen LogP contribution is -2.34. The van der Waals surface area contributed by atoms with Crippen LogP contribution in [0.15, 0.2) is 24.3 Å². The number of benzene rings is 1. The van der Waals surface area contributed by atoms with E-state index in [2.05, 4.69) is 24.1 Å². The van der Waals surface area contributed by atoms with Crippen LogP contribution in [-0.2, 0) is 4.79 Å². The number of nitrogens with one attached hydrogen (secondary N) is 1. The maximum absolute atomic E-state index is 12.1. The maximum atomic E-state index is 12.1. The van der Waals surface area contributed by atoms with E-state index in [1.807, 2.05) is 0 Å². The van der Waals surface area contributed by atoms with E-state index in [0.29, 0.717) is 29.7 Å². The Bertz CT molecular complexity index is 519. The first kappa shape index (κ1) is 17.8. The van der Waals surface area contributed by atoms with Crippen molar-refractivity contribution in [3.63, 3.8) is 0 Å². The van der Waals surface area contributed by atoms with Crippen LogP contribution in [-0.4, -0.2) is 49.2 Å². The Morgan fingerprint density at radius 3 is 2.96 bits per heavy atom. The highest BCUT2D eigenvalue weighted by atomic mass is 16.5. The van der Waals surface area contributed by atoms with Gasteiger partial charge in [0.1, 0.15) is 5.75 Å². The summed E-state index contributed by atoms with van der Waals surface area (Å²) in [5.41, 5.74) is 0.551. The molecule has 2 unspecified atom stereocenters. The average molecular weight is 320 g/mol. The van der Waals surface area contributed by atoms with Gasteiger partial charge in [-0.3, -0.25) is 4.79 Å². The molecule has 2 rings (SSSR count). The van der Waals surface area contributed by atoms with Crippen molar-refractivity contribution in [2.75, 3.05) is 33.3 Å². The van der Waals surface area contributed by atoms with Crippen LogP contribution < -0.4 is 10.1 Å². The summed E-state index contributed by atoms with van der Waals surface area (Å²) in [6, 6.07) is 6.97. The van der Waals surface area contributed by atoms with E-state index in [1.165, 1.54) is 0 Å². The monoisotopic (exact) mass is 320 g/mol. The molecule has 0 bridgehead atoms. The highest BCUT2D eigenvalue weighted by Gasteiger charge is 2.24. The second-order valence-electron chi connectivity index (χ2n) is 6.73. The van der Waals surface area contributed by atoms with Gasteiger partial charge in [-0.2, -0.15) is 0 Å². The molecule has 5 nitrogen and oxygen atoms in total. The van der Waals surface area contributed by atoms with Crippen LogP contribution in [0.25, 0.3) is 0 Å². The molecule has 128 valence electrons. The molecular formula is C18H28N2O3. The summed E-state index contributed by atoms with van der Waals surface area (Å²) in [5, 5.41) is 13.1. The molecule has 0 spiro atoms. The summed E-state index contributed by atoms with van der Waals surface area (Å²) < 4.78 is 5.12. The minimum atomic E-state index is -1.15. The van der Waals surface area contributed by atoms with Gasteiger partial charge >= 0.3 is 0 Å². The molecule has 0 radical (unpaired) electrons. The summed E-state index contributed by atoms with van der Waals surface area (Å²) in [6.45, 7) is 8.29. The number of ether oxygens (including phenoxy) is 1. The highest BCUT2D eigenvalue weighted by Crippen LogP contribution is 2.20. The Hall–Kier alpha value is -1.59. The van der Waals surface area contributed by atoms with Gasteiger partial charge in [-0.15, -0.1) is 0 Å². The Kier molecular flexibility index (Phi) is 6.42. The molecule has 1 saturated heterocycles. The third kappa shape index (κ3) is 5.22. The summed E-state index contributed by atoms with van der Waals surface area (Å²) in [4.78, 5) is 14.6. The zero-order valence-corrected chi connectivity index (χ0v) is 14.3. The second-order valence-corrected chi connectivity index (χ2v) is 6.73. The lowest BCUT2D eigenvalue weighted by Gasteiger charge is -2.19. The van der Waals surface area contributed by atoms with E-state index in [0.717, 1.165) is 26.1 Å². The van der Waals surface area contributed by atoms with E-state index in [1.54, 1.807) is 31.4 Å². The number of carbonyl (C=O) groups excluding carboxylic acids is 1. The molecule has 1 aromatic rings. The number of hydrogen-bond acceptors (Lipinski definition) is 4. The minimum absolute atomic E-state index is 0.347. The van der Waals surface area contributed by atoms with Crippen molar-refractivity contribution in [1.82, 2.24) is 10.2 Å². The molecule has 1 heterocycles. The Balaban J connectivity index is 1.80. The van der Waals surface area contributed by atoms with Crippen LogP contribution in [0.1, 0.15) is 31.9 Å². The van der Waals surface area contributed by atoms with Gasteiger partial charge in [-0.05, 0) is 42.5 Å². The van der Waals surface area contributed by atoms with E-state index in [-0.39, 0.29) is 5.91 Å². The van der Waals surface area contributed by atoms with Gasteiger partial charge in [0.05, 0.1) is 7.11 Å². The van der Waals surface area contributed by atoms with E-state index >= 15 is 0 Å². The number of aliphatic hydroxyl groups is 1. The zero-order chi connectivity index (χ0) is 16.8. The van der Waals surface area contributed by atoms with Crippen molar-refractivity contribution in [3.8, 4) is 5.75 Å². The van der Waals surface area contributed by atoms with E-state index < -0.39 is 6.10 Å².